The van der Waals surface area contributed by atoms with Crippen molar-refractivity contribution in [3.63, 3.8) is 0 Å². The molecular formula is C30H30F6N2O5S. The topological polar surface area (TPSA) is 95.9 Å². The number of sulfone groups is 1. The van der Waals surface area contributed by atoms with Crippen molar-refractivity contribution in [1.29, 1.82) is 0 Å². The van der Waals surface area contributed by atoms with Gasteiger partial charge in [0, 0.05) is 17.7 Å². The number of nitrogens with one attached hydrogen (secondary N) is 1. The van der Waals surface area contributed by atoms with E-state index in [4.69, 9.17) is 0 Å². The van der Waals surface area contributed by atoms with Gasteiger partial charge >= 0.3 is 12.8 Å². The quantitative estimate of drug-likeness (QED) is 0.262. The molecule has 1 saturated heterocycles. The zero-order valence-electron chi connectivity index (χ0n) is 23.4. The number of anilines is 1. The number of ether oxygens (including phenoxy) is 1. The number of aliphatic hydroxyl groups is 1. The first-order valence-corrected chi connectivity index (χ1v) is 15.2. The second kappa shape index (κ2) is 13.2. The number of nitrogens with zero attached hydrogens (tertiary/aromatic N) is 1. The van der Waals surface area contributed by atoms with Crippen molar-refractivity contribution in [1.82, 2.24) is 5.32 Å². The first-order chi connectivity index (χ1) is 20.7. The molecule has 0 aromatic heterocycles. The van der Waals surface area contributed by atoms with Crippen molar-refractivity contribution in [2.24, 2.45) is 0 Å². The first-order valence-electron chi connectivity index (χ1n) is 13.5. The molecule has 2 unspecified atom stereocenters. The van der Waals surface area contributed by atoms with Gasteiger partial charge in [0.25, 0.3) is 5.91 Å². The minimum absolute atomic E-state index is 0.0404. The molecule has 3 aromatic rings. The molecule has 1 aliphatic heterocycles. The van der Waals surface area contributed by atoms with E-state index in [2.05, 4.69) is 10.1 Å². The Balaban J connectivity index is 1.51. The zero-order chi connectivity index (χ0) is 32.3. The van der Waals surface area contributed by atoms with Gasteiger partial charge in [-0.3, -0.25) is 4.79 Å². The number of halogens is 6. The standard InChI is InChI=1S/C30H30F6N2O5S/c1-2-44(41,42)25-13-5-19(6-14-25)26(16-39)37-27(40)20-3-11-23(12-4-20)38-18-29(33,15-24(38)17-43-28(31)32)21-7-9-22(10-8-21)30(34,35)36/h3-14,24,26,28,39H,2,15-18H2,1H3,(H,37,40)/t24?,26-,29?/m0/s1. The summed E-state index contributed by atoms with van der Waals surface area (Å²) in [7, 11) is -3.43. The highest BCUT2D eigenvalue weighted by Crippen LogP contribution is 2.43. The Kier molecular flexibility index (Phi) is 9.96. The number of alkyl halides is 6. The van der Waals surface area contributed by atoms with Gasteiger partial charge in [0.2, 0.25) is 0 Å². The lowest BCUT2D eigenvalue weighted by Crippen LogP contribution is -2.34. The highest BCUT2D eigenvalue weighted by molar-refractivity contribution is 7.91. The van der Waals surface area contributed by atoms with E-state index in [0.717, 1.165) is 24.3 Å². The van der Waals surface area contributed by atoms with Gasteiger partial charge in [0.15, 0.2) is 15.5 Å². The lowest BCUT2D eigenvalue weighted by atomic mass is 9.92. The number of benzene rings is 3. The van der Waals surface area contributed by atoms with E-state index in [-0.39, 0.29) is 34.7 Å². The van der Waals surface area contributed by atoms with E-state index in [1.165, 1.54) is 60.4 Å². The molecule has 238 valence electrons. The van der Waals surface area contributed by atoms with E-state index < -0.39 is 65.1 Å². The fourth-order valence-electron chi connectivity index (χ4n) is 5.10. The second-order valence-corrected chi connectivity index (χ2v) is 12.6. The summed E-state index contributed by atoms with van der Waals surface area (Å²) in [5.41, 5.74) is -2.17. The summed E-state index contributed by atoms with van der Waals surface area (Å²) in [4.78, 5) is 14.5. The fraction of sp³-hybridized carbons (Fsp3) is 0.367. The first kappa shape index (κ1) is 33.3. The molecule has 1 amide bonds. The Morgan fingerprint density at radius 2 is 1.66 bits per heavy atom. The lowest BCUT2D eigenvalue weighted by molar-refractivity contribution is -0.137. The van der Waals surface area contributed by atoms with E-state index in [1.54, 1.807) is 0 Å². The highest BCUT2D eigenvalue weighted by Gasteiger charge is 2.46. The molecule has 7 nitrogen and oxygen atoms in total. The van der Waals surface area contributed by atoms with Gasteiger partial charge in [-0.2, -0.15) is 22.0 Å². The normalized spacial score (nSPS) is 19.8. The van der Waals surface area contributed by atoms with Gasteiger partial charge in [0.05, 0.1) is 48.1 Å². The summed E-state index contributed by atoms with van der Waals surface area (Å²) >= 11 is 0. The van der Waals surface area contributed by atoms with Crippen LogP contribution in [-0.2, 0) is 26.4 Å². The van der Waals surface area contributed by atoms with Crippen molar-refractivity contribution >= 4 is 21.4 Å². The number of aliphatic hydroxyl groups excluding tert-OH is 1. The molecule has 1 fully saturated rings. The minimum atomic E-state index is -4.61. The zero-order valence-corrected chi connectivity index (χ0v) is 24.2. The Morgan fingerprint density at radius 3 is 2.18 bits per heavy atom. The summed E-state index contributed by atoms with van der Waals surface area (Å²) in [6.45, 7) is -3.00. The fourth-order valence-corrected chi connectivity index (χ4v) is 5.99. The molecule has 3 aromatic carbocycles. The van der Waals surface area contributed by atoms with Gasteiger partial charge in [-0.05, 0) is 59.7 Å². The average molecular weight is 645 g/mol. The van der Waals surface area contributed by atoms with Crippen LogP contribution in [0.3, 0.4) is 0 Å². The van der Waals surface area contributed by atoms with Crippen molar-refractivity contribution in [3.8, 4) is 0 Å². The summed E-state index contributed by atoms with van der Waals surface area (Å²) in [6, 6.07) is 13.4. The Hall–Kier alpha value is -3.62. The van der Waals surface area contributed by atoms with Crippen LogP contribution in [0.4, 0.5) is 32.0 Å². The van der Waals surface area contributed by atoms with Crippen LogP contribution < -0.4 is 10.2 Å². The predicted octanol–water partition coefficient (Wildman–Crippen LogP) is 5.65. The molecule has 3 atom stereocenters. The van der Waals surface area contributed by atoms with Crippen LogP contribution in [0, 0.1) is 0 Å². The maximum absolute atomic E-state index is 16.2. The molecule has 0 aliphatic carbocycles. The SMILES string of the molecule is CCS(=O)(=O)c1ccc([C@H](CO)NC(=O)c2ccc(N3CC(F)(c4ccc(C(F)(F)F)cc4)CC3COC(F)F)cc2)cc1. The third kappa shape index (κ3) is 7.53. The van der Waals surface area contributed by atoms with Crippen molar-refractivity contribution in [2.45, 2.75) is 48.8 Å². The Morgan fingerprint density at radius 1 is 1.05 bits per heavy atom. The molecule has 1 aliphatic rings. The van der Waals surface area contributed by atoms with Crippen LogP contribution in [0.15, 0.2) is 77.7 Å². The number of hydrogen-bond acceptors (Lipinski definition) is 6. The van der Waals surface area contributed by atoms with E-state index >= 15 is 4.39 Å². The number of rotatable bonds is 11. The largest absolute Gasteiger partial charge is 0.416 e. The Bertz CT molecular complexity index is 1530. The summed E-state index contributed by atoms with van der Waals surface area (Å²) < 4.78 is 109. The molecular weight excluding hydrogens is 614 g/mol. The summed E-state index contributed by atoms with van der Waals surface area (Å²) in [5, 5.41) is 12.5. The van der Waals surface area contributed by atoms with Crippen LogP contribution in [0.2, 0.25) is 0 Å². The second-order valence-electron chi connectivity index (χ2n) is 10.3. The van der Waals surface area contributed by atoms with E-state index in [0.29, 0.717) is 11.3 Å². The number of carbonyl (C=O) groups is 1. The molecule has 0 bridgehead atoms. The van der Waals surface area contributed by atoms with Crippen LogP contribution >= 0.6 is 0 Å². The van der Waals surface area contributed by atoms with Gasteiger partial charge in [0.1, 0.15) is 0 Å². The molecule has 2 N–H and O–H groups in total. The number of hydrogen-bond donors (Lipinski definition) is 2. The maximum Gasteiger partial charge on any atom is 0.416 e. The molecule has 0 radical (unpaired) electrons. The smallest absolute Gasteiger partial charge is 0.394 e. The monoisotopic (exact) mass is 644 g/mol. The van der Waals surface area contributed by atoms with Crippen molar-refractivity contribution in [3.05, 3.63) is 95.1 Å². The maximum atomic E-state index is 16.2. The van der Waals surface area contributed by atoms with Crippen LogP contribution in [0.5, 0.6) is 0 Å². The van der Waals surface area contributed by atoms with Gasteiger partial charge in [-0.25, -0.2) is 12.8 Å². The molecule has 4 rings (SSSR count). The summed E-state index contributed by atoms with van der Waals surface area (Å²) in [6.07, 6.45) is -4.94. The molecule has 0 saturated carbocycles. The van der Waals surface area contributed by atoms with Crippen LogP contribution in [0.1, 0.15) is 46.4 Å². The van der Waals surface area contributed by atoms with Crippen LogP contribution in [-0.4, -0.2) is 57.6 Å². The van der Waals surface area contributed by atoms with Gasteiger partial charge in [-0.1, -0.05) is 31.2 Å². The number of carbonyl (C=O) groups excluding carboxylic acids is 1. The molecule has 44 heavy (non-hydrogen) atoms. The van der Waals surface area contributed by atoms with Crippen LogP contribution in [0.25, 0.3) is 0 Å². The minimum Gasteiger partial charge on any atom is -0.394 e. The third-order valence-electron chi connectivity index (χ3n) is 7.54. The summed E-state index contributed by atoms with van der Waals surface area (Å²) in [5.74, 6) is -0.661. The highest BCUT2D eigenvalue weighted by atomic mass is 32.2. The average Bonchev–Trinajstić information content (AvgIpc) is 3.36. The van der Waals surface area contributed by atoms with E-state index in [9.17, 15) is 40.3 Å². The van der Waals surface area contributed by atoms with Crippen molar-refractivity contribution < 1.29 is 49.4 Å². The third-order valence-corrected chi connectivity index (χ3v) is 9.29. The van der Waals surface area contributed by atoms with Gasteiger partial charge < -0.3 is 20.1 Å². The predicted molar refractivity (Wildman–Crippen MR) is 150 cm³/mol. The molecule has 0 spiro atoms. The number of amides is 1. The van der Waals surface area contributed by atoms with Gasteiger partial charge in [-0.15, -0.1) is 0 Å². The Labute approximate surface area is 250 Å². The molecule has 1 heterocycles. The molecule has 14 heteroatoms. The lowest BCUT2D eigenvalue weighted by Gasteiger charge is -2.27. The van der Waals surface area contributed by atoms with E-state index in [1.807, 2.05) is 0 Å². The van der Waals surface area contributed by atoms with Crippen molar-refractivity contribution in [2.75, 3.05) is 30.4 Å².